The van der Waals surface area contributed by atoms with Crippen molar-refractivity contribution < 1.29 is 14.0 Å². The smallest absolute Gasteiger partial charge is 0.238 e. The highest BCUT2D eigenvalue weighted by molar-refractivity contribution is 8.00. The molecule has 5 nitrogen and oxygen atoms in total. The molecule has 2 heterocycles. The molecule has 0 saturated carbocycles. The average Bonchev–Trinajstić information content (AvgIpc) is 3.28. The number of Topliss-reactive ketones (excluding diaryl/α,β-unsaturated/α-hetero) is 1. The minimum Gasteiger partial charge on any atom is -0.467 e. The lowest BCUT2D eigenvalue weighted by Gasteiger charge is -2.32. The van der Waals surface area contributed by atoms with Crippen molar-refractivity contribution in [2.45, 2.75) is 37.1 Å². The van der Waals surface area contributed by atoms with Crippen LogP contribution < -0.4 is 10.2 Å². The predicted octanol–water partition coefficient (Wildman–Crippen LogP) is 5.89. The van der Waals surface area contributed by atoms with Crippen LogP contribution in [0.3, 0.4) is 0 Å². The second-order valence-corrected chi connectivity index (χ2v) is 9.14. The van der Waals surface area contributed by atoms with E-state index in [0.29, 0.717) is 17.8 Å². The van der Waals surface area contributed by atoms with Gasteiger partial charge < -0.3 is 9.73 Å². The Morgan fingerprint density at radius 3 is 2.69 bits per heavy atom. The number of carbonyl (C=O) groups excluding carboxylic acids is 2. The number of allylic oxidation sites excluding steroid dienone is 1. The van der Waals surface area contributed by atoms with E-state index in [1.165, 1.54) is 17.3 Å². The van der Waals surface area contributed by atoms with Crippen LogP contribution in [0, 0.1) is 6.92 Å². The molecule has 32 heavy (non-hydrogen) atoms. The van der Waals surface area contributed by atoms with Gasteiger partial charge in [-0.15, -0.1) is 11.8 Å². The highest BCUT2D eigenvalue weighted by atomic mass is 32.2. The Morgan fingerprint density at radius 2 is 1.91 bits per heavy atom. The normalized spacial score (nSPS) is 18.0. The minimum absolute atomic E-state index is 0.0666. The standard InChI is InChI=1S/C26H24N2O3S/c1-17-11-13-18(14-12-17)32-16-24(30)28-21-8-3-2-6-19(21)27-20-7-4-9-22(29)25(20)26(28)23-10-5-15-31-23/h2-3,5-6,8,10-15,26-27H,4,7,9,16H2,1H3/t26-/m0/s1. The molecule has 0 spiro atoms. The van der Waals surface area contributed by atoms with E-state index in [-0.39, 0.29) is 17.4 Å². The summed E-state index contributed by atoms with van der Waals surface area (Å²) < 4.78 is 5.78. The van der Waals surface area contributed by atoms with E-state index in [4.69, 9.17) is 4.42 Å². The number of nitrogens with zero attached hydrogens (tertiary/aromatic N) is 1. The van der Waals surface area contributed by atoms with Crippen molar-refractivity contribution in [1.29, 1.82) is 0 Å². The number of para-hydroxylation sites is 2. The molecular formula is C26H24N2O3S. The quantitative estimate of drug-likeness (QED) is 0.509. The zero-order valence-corrected chi connectivity index (χ0v) is 18.7. The van der Waals surface area contributed by atoms with Gasteiger partial charge in [-0.2, -0.15) is 0 Å². The topological polar surface area (TPSA) is 62.6 Å². The molecule has 0 radical (unpaired) electrons. The maximum Gasteiger partial charge on any atom is 0.238 e. The van der Waals surface area contributed by atoms with Crippen molar-refractivity contribution in [3.8, 4) is 0 Å². The van der Waals surface area contributed by atoms with Crippen LogP contribution in [0.2, 0.25) is 0 Å². The number of nitrogens with one attached hydrogen (secondary N) is 1. The molecule has 0 fully saturated rings. The van der Waals surface area contributed by atoms with Crippen LogP contribution in [0.4, 0.5) is 11.4 Å². The molecule has 1 N–H and O–H groups in total. The number of amides is 1. The van der Waals surface area contributed by atoms with Gasteiger partial charge in [-0.25, -0.2) is 0 Å². The van der Waals surface area contributed by atoms with Gasteiger partial charge in [0.1, 0.15) is 11.8 Å². The molecule has 0 unspecified atom stereocenters. The number of hydrogen-bond donors (Lipinski definition) is 1. The second kappa shape index (κ2) is 8.71. The summed E-state index contributed by atoms with van der Waals surface area (Å²) in [5.41, 5.74) is 4.29. The van der Waals surface area contributed by atoms with Crippen molar-refractivity contribution in [3.05, 3.63) is 89.5 Å². The molecule has 162 valence electrons. The summed E-state index contributed by atoms with van der Waals surface area (Å²) in [6.07, 6.45) is 3.65. The Kier molecular flexibility index (Phi) is 5.62. The highest BCUT2D eigenvalue weighted by Gasteiger charge is 2.40. The van der Waals surface area contributed by atoms with Crippen molar-refractivity contribution in [2.24, 2.45) is 0 Å². The Labute approximate surface area is 191 Å². The van der Waals surface area contributed by atoms with E-state index < -0.39 is 6.04 Å². The first-order valence-corrected chi connectivity index (χ1v) is 11.8. The van der Waals surface area contributed by atoms with Gasteiger partial charge in [0, 0.05) is 22.6 Å². The highest BCUT2D eigenvalue weighted by Crippen LogP contribution is 2.45. The number of hydrogen-bond acceptors (Lipinski definition) is 5. The first kappa shape index (κ1) is 20.6. The van der Waals surface area contributed by atoms with E-state index in [0.717, 1.165) is 34.8 Å². The van der Waals surface area contributed by atoms with E-state index in [1.807, 2.05) is 61.5 Å². The summed E-state index contributed by atoms with van der Waals surface area (Å²) in [6.45, 7) is 2.04. The lowest BCUT2D eigenvalue weighted by atomic mass is 9.88. The molecule has 1 aliphatic heterocycles. The molecule has 3 aromatic rings. The van der Waals surface area contributed by atoms with Crippen molar-refractivity contribution in [2.75, 3.05) is 16.0 Å². The number of fused-ring (bicyclic) bond motifs is 1. The van der Waals surface area contributed by atoms with Gasteiger partial charge in [0.15, 0.2) is 5.78 Å². The van der Waals surface area contributed by atoms with Crippen LogP contribution in [0.5, 0.6) is 0 Å². The molecule has 5 rings (SSSR count). The van der Waals surface area contributed by atoms with Crippen molar-refractivity contribution in [1.82, 2.24) is 0 Å². The van der Waals surface area contributed by atoms with Gasteiger partial charge in [-0.1, -0.05) is 29.8 Å². The van der Waals surface area contributed by atoms with Crippen molar-refractivity contribution >= 4 is 34.8 Å². The Bertz CT molecular complexity index is 1180. The van der Waals surface area contributed by atoms with Crippen LogP contribution in [-0.2, 0) is 9.59 Å². The van der Waals surface area contributed by atoms with E-state index in [1.54, 1.807) is 17.2 Å². The molecule has 1 aromatic heterocycles. The van der Waals surface area contributed by atoms with Crippen LogP contribution in [-0.4, -0.2) is 17.4 Å². The second-order valence-electron chi connectivity index (χ2n) is 8.09. The fraction of sp³-hybridized carbons (Fsp3) is 0.231. The molecular weight excluding hydrogens is 420 g/mol. The number of benzene rings is 2. The lowest BCUT2D eigenvalue weighted by Crippen LogP contribution is -2.38. The van der Waals surface area contributed by atoms with E-state index >= 15 is 0 Å². The first-order chi connectivity index (χ1) is 15.6. The van der Waals surface area contributed by atoms with E-state index in [2.05, 4.69) is 5.32 Å². The zero-order valence-electron chi connectivity index (χ0n) is 17.8. The number of rotatable bonds is 4. The number of furan rings is 1. The molecule has 2 aromatic carbocycles. The van der Waals surface area contributed by atoms with Gasteiger partial charge in [-0.3, -0.25) is 14.5 Å². The predicted molar refractivity (Wildman–Crippen MR) is 127 cm³/mol. The van der Waals surface area contributed by atoms with Crippen LogP contribution in [0.1, 0.15) is 36.6 Å². The van der Waals surface area contributed by atoms with Crippen LogP contribution in [0.15, 0.2) is 87.5 Å². The largest absolute Gasteiger partial charge is 0.467 e. The molecule has 1 aliphatic carbocycles. The van der Waals surface area contributed by atoms with Gasteiger partial charge in [-0.05, 0) is 56.2 Å². The molecule has 0 saturated heterocycles. The molecule has 2 aliphatic rings. The number of thioether (sulfide) groups is 1. The molecule has 0 bridgehead atoms. The van der Waals surface area contributed by atoms with Crippen LogP contribution in [0.25, 0.3) is 0 Å². The third kappa shape index (κ3) is 3.86. The molecule has 1 amide bonds. The maximum atomic E-state index is 13.7. The lowest BCUT2D eigenvalue weighted by molar-refractivity contribution is -0.117. The summed E-state index contributed by atoms with van der Waals surface area (Å²) in [5, 5.41) is 3.47. The average molecular weight is 445 g/mol. The SMILES string of the molecule is Cc1ccc(SCC(=O)N2c3ccccc3NC3=C(C(=O)CCC3)[C@@H]2c2ccco2)cc1. The number of aryl methyl sites for hydroxylation is 1. The van der Waals surface area contributed by atoms with Gasteiger partial charge in [0.05, 0.1) is 23.4 Å². The third-order valence-electron chi connectivity index (χ3n) is 5.90. The maximum absolute atomic E-state index is 13.7. The van der Waals surface area contributed by atoms with Crippen molar-refractivity contribution in [3.63, 3.8) is 0 Å². The fourth-order valence-corrected chi connectivity index (χ4v) is 5.13. The monoisotopic (exact) mass is 444 g/mol. The minimum atomic E-state index is -0.588. The van der Waals surface area contributed by atoms with E-state index in [9.17, 15) is 9.59 Å². The first-order valence-electron chi connectivity index (χ1n) is 10.8. The summed E-state index contributed by atoms with van der Waals surface area (Å²) in [5.74, 6) is 0.848. The van der Waals surface area contributed by atoms with Crippen LogP contribution >= 0.6 is 11.8 Å². The fourth-order valence-electron chi connectivity index (χ4n) is 4.37. The summed E-state index contributed by atoms with van der Waals surface area (Å²) in [7, 11) is 0. The molecule has 6 heteroatoms. The van der Waals surface area contributed by atoms with Gasteiger partial charge >= 0.3 is 0 Å². The Balaban J connectivity index is 1.58. The Morgan fingerprint density at radius 1 is 1.09 bits per heavy atom. The third-order valence-corrected chi connectivity index (χ3v) is 6.90. The number of ketones is 1. The van der Waals surface area contributed by atoms with Gasteiger partial charge in [0.25, 0.3) is 0 Å². The summed E-state index contributed by atoms with van der Waals surface area (Å²) in [6, 6.07) is 18.9. The number of carbonyl (C=O) groups is 2. The Hall–Kier alpha value is -3.25. The van der Waals surface area contributed by atoms with Gasteiger partial charge in [0.2, 0.25) is 5.91 Å². The summed E-state index contributed by atoms with van der Waals surface area (Å²) in [4.78, 5) is 29.7. The summed E-state index contributed by atoms with van der Waals surface area (Å²) >= 11 is 1.50. The number of anilines is 2. The zero-order chi connectivity index (χ0) is 22.1. The molecule has 1 atom stereocenters.